The third-order valence-electron chi connectivity index (χ3n) is 3.44. The van der Waals surface area contributed by atoms with Crippen LogP contribution in [0.4, 0.5) is 26.3 Å². The molecule has 8 heteroatoms. The van der Waals surface area contributed by atoms with Gasteiger partial charge in [0.05, 0.1) is 17.7 Å². The second-order valence-corrected chi connectivity index (χ2v) is 5.56. The number of rotatable bonds is 5. The van der Waals surface area contributed by atoms with Crippen LogP contribution in [-0.4, -0.2) is 12.5 Å². The Hall–Kier alpha value is -1.73. The highest BCUT2D eigenvalue weighted by molar-refractivity contribution is 6.17. The van der Waals surface area contributed by atoms with Gasteiger partial charge in [-0.3, -0.25) is 0 Å². The molecule has 0 spiro atoms. The van der Waals surface area contributed by atoms with Gasteiger partial charge in [0, 0.05) is 5.88 Å². The summed E-state index contributed by atoms with van der Waals surface area (Å²) in [5.41, 5.74) is -0.865. The lowest BCUT2D eigenvalue weighted by atomic mass is 9.99. The van der Waals surface area contributed by atoms with E-state index in [2.05, 4.69) is 0 Å². The molecule has 25 heavy (non-hydrogen) atoms. The number of halogens is 7. The molecule has 136 valence electrons. The first-order chi connectivity index (χ1) is 11.6. The largest absolute Gasteiger partial charge is 0.416 e. The van der Waals surface area contributed by atoms with E-state index in [0.29, 0.717) is 11.1 Å². The van der Waals surface area contributed by atoms with Crippen molar-refractivity contribution in [1.82, 2.24) is 0 Å². The van der Waals surface area contributed by atoms with Crippen LogP contribution in [0.15, 0.2) is 48.5 Å². The molecule has 0 aromatic heterocycles. The fourth-order valence-electron chi connectivity index (χ4n) is 2.24. The van der Waals surface area contributed by atoms with Crippen LogP contribution in [0.25, 0.3) is 0 Å². The monoisotopic (exact) mass is 382 g/mol. The predicted molar refractivity (Wildman–Crippen MR) is 81.4 cm³/mol. The van der Waals surface area contributed by atoms with E-state index < -0.39 is 29.6 Å². The molecule has 0 saturated heterocycles. The molecule has 2 aromatic carbocycles. The summed E-state index contributed by atoms with van der Waals surface area (Å²) in [4.78, 5) is 0. The minimum Gasteiger partial charge on any atom is -0.368 e. The molecule has 0 amide bonds. The summed E-state index contributed by atoms with van der Waals surface area (Å²) >= 11 is 5.57. The average Bonchev–Trinajstić information content (AvgIpc) is 2.54. The van der Waals surface area contributed by atoms with Crippen molar-refractivity contribution in [1.29, 1.82) is 0 Å². The quantitative estimate of drug-likeness (QED) is 0.450. The van der Waals surface area contributed by atoms with Crippen molar-refractivity contribution in [3.63, 3.8) is 0 Å². The number of hydrogen-bond acceptors (Lipinski definition) is 1. The zero-order valence-electron chi connectivity index (χ0n) is 12.7. The highest BCUT2D eigenvalue weighted by Crippen LogP contribution is 2.34. The normalized spacial score (nSPS) is 12.6. The van der Waals surface area contributed by atoms with E-state index in [4.69, 9.17) is 16.3 Å². The fourth-order valence-corrected chi connectivity index (χ4v) is 2.33. The van der Waals surface area contributed by atoms with Crippen LogP contribution >= 0.6 is 11.6 Å². The van der Waals surface area contributed by atoms with E-state index in [1.54, 1.807) is 0 Å². The zero-order chi connectivity index (χ0) is 18.7. The molecule has 0 radical (unpaired) electrons. The molecule has 0 saturated carbocycles. The average molecular weight is 383 g/mol. The lowest BCUT2D eigenvalue weighted by Crippen LogP contribution is -2.11. The number of benzene rings is 2. The van der Waals surface area contributed by atoms with Crippen molar-refractivity contribution < 1.29 is 31.1 Å². The van der Waals surface area contributed by atoms with Crippen molar-refractivity contribution in [3.05, 3.63) is 70.8 Å². The van der Waals surface area contributed by atoms with Crippen molar-refractivity contribution in [2.75, 3.05) is 12.5 Å². The Balaban J connectivity index is 2.32. The molecule has 0 atom stereocenters. The van der Waals surface area contributed by atoms with Crippen molar-refractivity contribution in [2.45, 2.75) is 18.5 Å². The molecular formula is C17H13ClF6O. The second-order valence-electron chi connectivity index (χ2n) is 5.18. The second kappa shape index (κ2) is 7.66. The fraction of sp³-hybridized carbons (Fsp3) is 0.294. The zero-order valence-corrected chi connectivity index (χ0v) is 13.4. The van der Waals surface area contributed by atoms with Gasteiger partial charge in [-0.1, -0.05) is 24.3 Å². The lowest BCUT2D eigenvalue weighted by Gasteiger charge is -2.20. The molecule has 1 nitrogen and oxygen atoms in total. The van der Waals surface area contributed by atoms with Gasteiger partial charge in [-0.15, -0.1) is 11.6 Å². The van der Waals surface area contributed by atoms with Crippen LogP contribution in [-0.2, 0) is 17.1 Å². The van der Waals surface area contributed by atoms with Gasteiger partial charge in [0.1, 0.15) is 6.10 Å². The molecule has 0 aliphatic heterocycles. The smallest absolute Gasteiger partial charge is 0.368 e. The van der Waals surface area contributed by atoms with Gasteiger partial charge in [-0.25, -0.2) is 0 Å². The number of ether oxygens (including phenoxy) is 1. The van der Waals surface area contributed by atoms with Gasteiger partial charge < -0.3 is 4.74 Å². The lowest BCUT2D eigenvalue weighted by molar-refractivity contribution is -0.138. The molecule has 2 rings (SSSR count). The van der Waals surface area contributed by atoms with Gasteiger partial charge in [-0.2, -0.15) is 26.3 Å². The molecule has 0 N–H and O–H groups in total. The van der Waals surface area contributed by atoms with Crippen LogP contribution < -0.4 is 0 Å². The van der Waals surface area contributed by atoms with Gasteiger partial charge in [-0.05, 0) is 35.4 Å². The van der Waals surface area contributed by atoms with Crippen molar-refractivity contribution in [3.8, 4) is 0 Å². The van der Waals surface area contributed by atoms with Crippen LogP contribution in [0.1, 0.15) is 28.4 Å². The molecule has 0 heterocycles. The first-order valence-corrected chi connectivity index (χ1v) is 7.68. The Labute approximate surface area is 145 Å². The SMILES string of the molecule is FC(F)(F)c1ccc(C(OCCCl)c2ccc(C(F)(F)F)cc2)cc1. The number of alkyl halides is 7. The van der Waals surface area contributed by atoms with E-state index in [0.717, 1.165) is 24.3 Å². The predicted octanol–water partition coefficient (Wildman–Crippen LogP) is 6.07. The Morgan fingerprint density at radius 2 is 1.08 bits per heavy atom. The summed E-state index contributed by atoms with van der Waals surface area (Å²) in [5.74, 6) is 0.137. The summed E-state index contributed by atoms with van der Waals surface area (Å²) in [7, 11) is 0. The molecule has 0 fully saturated rings. The topological polar surface area (TPSA) is 9.23 Å². The molecular weight excluding hydrogens is 370 g/mol. The van der Waals surface area contributed by atoms with E-state index in [9.17, 15) is 26.3 Å². The van der Waals surface area contributed by atoms with Crippen LogP contribution in [0, 0.1) is 0 Å². The summed E-state index contributed by atoms with van der Waals surface area (Å²) in [6, 6.07) is 8.54. The highest BCUT2D eigenvalue weighted by Gasteiger charge is 2.31. The molecule has 0 bridgehead atoms. The maximum atomic E-state index is 12.6. The van der Waals surface area contributed by atoms with E-state index in [1.807, 2.05) is 0 Å². The highest BCUT2D eigenvalue weighted by atomic mass is 35.5. The first kappa shape index (κ1) is 19.6. The minimum atomic E-state index is -4.47. The Morgan fingerprint density at radius 1 is 0.720 bits per heavy atom. The molecule has 0 aliphatic rings. The first-order valence-electron chi connectivity index (χ1n) is 7.15. The number of hydrogen-bond donors (Lipinski definition) is 0. The summed E-state index contributed by atoms with van der Waals surface area (Å²) in [6.45, 7) is 0.0915. The van der Waals surface area contributed by atoms with E-state index in [-0.39, 0.29) is 12.5 Å². The molecule has 0 unspecified atom stereocenters. The Bertz CT molecular complexity index is 619. The van der Waals surface area contributed by atoms with Crippen LogP contribution in [0.5, 0.6) is 0 Å². The van der Waals surface area contributed by atoms with E-state index in [1.165, 1.54) is 24.3 Å². The van der Waals surface area contributed by atoms with E-state index >= 15 is 0 Å². The maximum absolute atomic E-state index is 12.6. The summed E-state index contributed by atoms with van der Waals surface area (Å²) in [6.07, 6.45) is -9.76. The summed E-state index contributed by atoms with van der Waals surface area (Å²) < 4.78 is 81.4. The summed E-state index contributed by atoms with van der Waals surface area (Å²) in [5, 5.41) is 0. The Kier molecular flexibility index (Phi) is 6.00. The van der Waals surface area contributed by atoms with Crippen LogP contribution in [0.3, 0.4) is 0 Å². The third kappa shape index (κ3) is 5.12. The van der Waals surface area contributed by atoms with Gasteiger partial charge in [0.15, 0.2) is 0 Å². The van der Waals surface area contributed by atoms with Crippen molar-refractivity contribution in [2.24, 2.45) is 0 Å². The standard InChI is InChI=1S/C17H13ClF6O/c18-9-10-25-15(11-1-5-13(6-2-11)16(19,20)21)12-3-7-14(8-4-12)17(22,23)24/h1-8,15H,9-10H2. The van der Waals surface area contributed by atoms with Gasteiger partial charge >= 0.3 is 12.4 Å². The van der Waals surface area contributed by atoms with Crippen LogP contribution in [0.2, 0.25) is 0 Å². The molecule has 0 aliphatic carbocycles. The third-order valence-corrected chi connectivity index (χ3v) is 3.60. The van der Waals surface area contributed by atoms with Crippen molar-refractivity contribution >= 4 is 11.6 Å². The van der Waals surface area contributed by atoms with Gasteiger partial charge in [0.25, 0.3) is 0 Å². The van der Waals surface area contributed by atoms with Gasteiger partial charge in [0.2, 0.25) is 0 Å². The molecule has 2 aromatic rings. The maximum Gasteiger partial charge on any atom is 0.416 e. The Morgan fingerprint density at radius 3 is 1.36 bits per heavy atom. The minimum absolute atomic E-state index is 0.0915.